The zero-order valence-electron chi connectivity index (χ0n) is 11.4. The van der Waals surface area contributed by atoms with Crippen molar-refractivity contribution >= 4 is 5.78 Å². The molecule has 0 spiro atoms. The molecule has 2 aromatic rings. The maximum Gasteiger partial charge on any atom is 0.166 e. The van der Waals surface area contributed by atoms with Crippen LogP contribution in [0, 0.1) is 18.3 Å². The lowest BCUT2D eigenvalue weighted by atomic mass is 9.94. The Morgan fingerprint density at radius 2 is 2.15 bits per heavy atom. The molecule has 100 valence electrons. The van der Waals surface area contributed by atoms with Gasteiger partial charge in [-0.25, -0.2) is 0 Å². The Labute approximate surface area is 117 Å². The van der Waals surface area contributed by atoms with Gasteiger partial charge in [0.25, 0.3) is 0 Å². The summed E-state index contributed by atoms with van der Waals surface area (Å²) in [5.74, 6) is 0.198. The van der Waals surface area contributed by atoms with E-state index in [0.717, 1.165) is 35.4 Å². The van der Waals surface area contributed by atoms with Gasteiger partial charge in [-0.1, -0.05) is 18.2 Å². The van der Waals surface area contributed by atoms with Gasteiger partial charge in [-0.2, -0.15) is 10.4 Å². The van der Waals surface area contributed by atoms with Crippen LogP contribution in [0.2, 0.25) is 0 Å². The summed E-state index contributed by atoms with van der Waals surface area (Å²) in [6.45, 7) is 2.43. The van der Waals surface area contributed by atoms with Crippen molar-refractivity contribution in [1.82, 2.24) is 9.78 Å². The molecule has 1 heterocycles. The number of Topliss-reactive ketones (excluding diaryl/α,β-unsaturated/α-hetero) is 1. The molecule has 0 bridgehead atoms. The van der Waals surface area contributed by atoms with Crippen LogP contribution in [0.3, 0.4) is 0 Å². The van der Waals surface area contributed by atoms with Crippen molar-refractivity contribution in [2.75, 3.05) is 0 Å². The predicted molar refractivity (Wildman–Crippen MR) is 74.5 cm³/mol. The van der Waals surface area contributed by atoms with Gasteiger partial charge < -0.3 is 0 Å². The maximum absolute atomic E-state index is 12.0. The Morgan fingerprint density at radius 3 is 2.95 bits per heavy atom. The zero-order chi connectivity index (χ0) is 14.1. The lowest BCUT2D eigenvalue weighted by Crippen LogP contribution is -2.14. The zero-order valence-corrected chi connectivity index (χ0v) is 11.4. The van der Waals surface area contributed by atoms with E-state index in [2.05, 4.69) is 11.2 Å². The normalized spacial score (nSPS) is 13.9. The molecule has 0 amide bonds. The summed E-state index contributed by atoms with van der Waals surface area (Å²) in [5, 5.41) is 13.6. The van der Waals surface area contributed by atoms with Gasteiger partial charge in [0.15, 0.2) is 5.78 Å². The molecular formula is C16H15N3O. The number of rotatable bonds is 2. The van der Waals surface area contributed by atoms with E-state index in [0.29, 0.717) is 18.5 Å². The molecule has 4 heteroatoms. The van der Waals surface area contributed by atoms with Gasteiger partial charge >= 0.3 is 0 Å². The molecule has 1 aromatic carbocycles. The van der Waals surface area contributed by atoms with Crippen LogP contribution in [0.5, 0.6) is 0 Å². The highest BCUT2D eigenvalue weighted by Gasteiger charge is 2.25. The molecule has 0 atom stereocenters. The fourth-order valence-electron chi connectivity index (χ4n) is 2.85. The Balaban J connectivity index is 2.03. The minimum atomic E-state index is 0.198. The fourth-order valence-corrected chi connectivity index (χ4v) is 2.85. The Hall–Kier alpha value is -2.41. The van der Waals surface area contributed by atoms with Crippen molar-refractivity contribution in [2.45, 2.75) is 32.7 Å². The van der Waals surface area contributed by atoms with E-state index in [1.165, 1.54) is 0 Å². The van der Waals surface area contributed by atoms with Crippen LogP contribution in [0.4, 0.5) is 0 Å². The molecule has 1 aliphatic rings. The van der Waals surface area contributed by atoms with Gasteiger partial charge in [0.05, 0.1) is 29.4 Å². The van der Waals surface area contributed by atoms with E-state index < -0.39 is 0 Å². The summed E-state index contributed by atoms with van der Waals surface area (Å²) in [4.78, 5) is 12.0. The molecule has 0 unspecified atom stereocenters. The first kappa shape index (κ1) is 12.6. The van der Waals surface area contributed by atoms with Crippen LogP contribution in [0.15, 0.2) is 24.3 Å². The fraction of sp³-hybridized carbons (Fsp3) is 0.312. The van der Waals surface area contributed by atoms with Crippen molar-refractivity contribution in [3.63, 3.8) is 0 Å². The second-order valence-electron chi connectivity index (χ2n) is 5.11. The van der Waals surface area contributed by atoms with Crippen LogP contribution >= 0.6 is 0 Å². The van der Waals surface area contributed by atoms with Crippen molar-refractivity contribution < 1.29 is 4.79 Å². The molecule has 20 heavy (non-hydrogen) atoms. The van der Waals surface area contributed by atoms with Crippen molar-refractivity contribution in [2.24, 2.45) is 0 Å². The molecule has 0 saturated heterocycles. The van der Waals surface area contributed by atoms with Crippen molar-refractivity contribution in [1.29, 1.82) is 5.26 Å². The summed E-state index contributed by atoms with van der Waals surface area (Å²) in [6, 6.07) is 9.73. The quantitative estimate of drug-likeness (QED) is 0.838. The summed E-state index contributed by atoms with van der Waals surface area (Å²) in [7, 11) is 0. The second kappa shape index (κ2) is 4.93. The first-order chi connectivity index (χ1) is 9.70. The van der Waals surface area contributed by atoms with Crippen LogP contribution in [0.25, 0.3) is 0 Å². The summed E-state index contributed by atoms with van der Waals surface area (Å²) in [5.41, 5.74) is 4.23. The standard InChI is InChI=1S/C16H15N3O/c1-11-16-14(7-4-8-15(16)20)19(18-11)10-13-6-3-2-5-12(13)9-17/h2-3,5-6H,4,7-8,10H2,1H3. The molecule has 0 radical (unpaired) electrons. The number of nitrogens with zero attached hydrogens (tertiary/aromatic N) is 3. The third kappa shape index (κ3) is 2.01. The average molecular weight is 265 g/mol. The lowest BCUT2D eigenvalue weighted by molar-refractivity contribution is 0.0971. The number of hydrogen-bond acceptors (Lipinski definition) is 3. The highest BCUT2D eigenvalue weighted by molar-refractivity contribution is 5.99. The monoisotopic (exact) mass is 265 g/mol. The van der Waals surface area contributed by atoms with Crippen LogP contribution in [-0.4, -0.2) is 15.6 Å². The number of aromatic nitrogens is 2. The Bertz CT molecular complexity index is 722. The molecule has 1 aromatic heterocycles. The van der Waals surface area contributed by atoms with Crippen LogP contribution in [-0.2, 0) is 13.0 Å². The third-order valence-electron chi connectivity index (χ3n) is 3.79. The molecule has 1 aliphatic carbocycles. The summed E-state index contributed by atoms with van der Waals surface area (Å²) < 4.78 is 1.89. The van der Waals surface area contributed by atoms with Crippen LogP contribution in [0.1, 0.15) is 45.7 Å². The van der Waals surface area contributed by atoms with E-state index in [9.17, 15) is 4.79 Å². The van der Waals surface area contributed by atoms with Gasteiger partial charge in [-0.15, -0.1) is 0 Å². The van der Waals surface area contributed by atoms with Crippen LogP contribution < -0.4 is 0 Å². The molecule has 0 aliphatic heterocycles. The minimum absolute atomic E-state index is 0.198. The van der Waals surface area contributed by atoms with Gasteiger partial charge in [-0.05, 0) is 31.4 Å². The van der Waals surface area contributed by atoms with E-state index in [1.54, 1.807) is 0 Å². The van der Waals surface area contributed by atoms with Crippen molar-refractivity contribution in [3.8, 4) is 6.07 Å². The predicted octanol–water partition coefficient (Wildman–Crippen LogP) is 2.63. The molecule has 4 nitrogen and oxygen atoms in total. The van der Waals surface area contributed by atoms with E-state index >= 15 is 0 Å². The number of hydrogen-bond donors (Lipinski definition) is 0. The number of ketones is 1. The number of aryl methyl sites for hydroxylation is 1. The number of nitriles is 1. The average Bonchev–Trinajstić information content (AvgIpc) is 2.77. The summed E-state index contributed by atoms with van der Waals surface area (Å²) >= 11 is 0. The molecule has 0 fully saturated rings. The smallest absolute Gasteiger partial charge is 0.166 e. The van der Waals surface area contributed by atoms with E-state index in [4.69, 9.17) is 5.26 Å². The molecule has 0 saturated carbocycles. The molecule has 0 N–H and O–H groups in total. The minimum Gasteiger partial charge on any atom is -0.294 e. The summed E-state index contributed by atoms with van der Waals surface area (Å²) in [6.07, 6.45) is 2.39. The SMILES string of the molecule is Cc1nn(Cc2ccccc2C#N)c2c1C(=O)CCC2. The Kier molecular flexibility index (Phi) is 3.11. The first-order valence-corrected chi connectivity index (χ1v) is 6.78. The highest BCUT2D eigenvalue weighted by Crippen LogP contribution is 2.25. The molecule has 3 rings (SSSR count). The lowest BCUT2D eigenvalue weighted by Gasteiger charge is -2.13. The van der Waals surface area contributed by atoms with E-state index in [1.807, 2.05) is 35.9 Å². The maximum atomic E-state index is 12.0. The topological polar surface area (TPSA) is 58.7 Å². The number of fused-ring (bicyclic) bond motifs is 1. The van der Waals surface area contributed by atoms with E-state index in [-0.39, 0.29) is 5.78 Å². The number of carbonyl (C=O) groups excluding carboxylic acids is 1. The Morgan fingerprint density at radius 1 is 1.35 bits per heavy atom. The largest absolute Gasteiger partial charge is 0.294 e. The second-order valence-corrected chi connectivity index (χ2v) is 5.11. The van der Waals surface area contributed by atoms with Gasteiger partial charge in [0, 0.05) is 12.1 Å². The van der Waals surface area contributed by atoms with Gasteiger partial charge in [0.2, 0.25) is 0 Å². The molecular weight excluding hydrogens is 250 g/mol. The number of carbonyl (C=O) groups is 1. The van der Waals surface area contributed by atoms with Gasteiger partial charge in [-0.3, -0.25) is 9.48 Å². The number of benzene rings is 1. The first-order valence-electron chi connectivity index (χ1n) is 6.78. The van der Waals surface area contributed by atoms with Gasteiger partial charge in [0.1, 0.15) is 0 Å². The third-order valence-corrected chi connectivity index (χ3v) is 3.79. The highest BCUT2D eigenvalue weighted by atomic mass is 16.1. The van der Waals surface area contributed by atoms with Crippen molar-refractivity contribution in [3.05, 3.63) is 52.3 Å².